The minimum Gasteiger partial charge on any atom is -0.357 e. The number of aromatic nitrogens is 5. The molecular formula is C13H17N7. The van der Waals surface area contributed by atoms with Crippen LogP contribution in [0, 0.1) is 5.92 Å². The first-order valence-corrected chi connectivity index (χ1v) is 7.02. The molecule has 1 aliphatic heterocycles. The zero-order valence-corrected chi connectivity index (χ0v) is 11.4. The number of fused-ring (bicyclic) bond motifs is 2. The lowest BCUT2D eigenvalue weighted by molar-refractivity contribution is 0.545. The standard InChI is InChI=1S/C13H17N7/c1-14-11-16-12(19-5-4-15-8-19)18-13(17-11)20-7-9-2-3-10(20)6-9/h4-5,8-10H,2-3,6-7H2,1H3,(H,14,16,17,18). The summed E-state index contributed by atoms with van der Waals surface area (Å²) < 4.78 is 1.81. The second-order valence-electron chi connectivity index (χ2n) is 5.46. The Bertz CT molecular complexity index is 609. The number of rotatable bonds is 3. The maximum atomic E-state index is 4.61. The normalized spacial score (nSPS) is 24.4. The minimum atomic E-state index is 0.599. The van der Waals surface area contributed by atoms with E-state index in [4.69, 9.17) is 0 Å². The van der Waals surface area contributed by atoms with E-state index in [1.807, 2.05) is 13.2 Å². The molecule has 0 spiro atoms. The molecule has 1 saturated heterocycles. The van der Waals surface area contributed by atoms with E-state index >= 15 is 0 Å². The molecule has 4 rings (SSSR count). The van der Waals surface area contributed by atoms with Gasteiger partial charge in [0.1, 0.15) is 6.33 Å². The molecule has 0 amide bonds. The van der Waals surface area contributed by atoms with Crippen molar-refractivity contribution in [3.63, 3.8) is 0 Å². The molecule has 2 unspecified atom stereocenters. The van der Waals surface area contributed by atoms with Gasteiger partial charge >= 0.3 is 0 Å². The zero-order chi connectivity index (χ0) is 13.5. The first kappa shape index (κ1) is 11.6. The van der Waals surface area contributed by atoms with Crippen molar-refractivity contribution >= 4 is 11.9 Å². The Morgan fingerprint density at radius 1 is 1.20 bits per heavy atom. The van der Waals surface area contributed by atoms with E-state index < -0.39 is 0 Å². The van der Waals surface area contributed by atoms with Gasteiger partial charge in [-0.1, -0.05) is 0 Å². The molecule has 2 atom stereocenters. The van der Waals surface area contributed by atoms with E-state index in [2.05, 4.69) is 30.2 Å². The molecule has 1 N–H and O–H groups in total. The SMILES string of the molecule is CNc1nc(N2CC3CCC2C3)nc(-n2ccnc2)n1. The Morgan fingerprint density at radius 2 is 2.10 bits per heavy atom. The molecule has 2 aromatic rings. The number of nitrogens with one attached hydrogen (secondary N) is 1. The van der Waals surface area contributed by atoms with Crippen LogP contribution in [0.2, 0.25) is 0 Å². The third-order valence-electron chi connectivity index (χ3n) is 4.24. The van der Waals surface area contributed by atoms with E-state index in [1.165, 1.54) is 19.3 Å². The average Bonchev–Trinajstić information content (AvgIpc) is 3.23. The van der Waals surface area contributed by atoms with E-state index in [1.54, 1.807) is 17.1 Å². The molecule has 2 bridgehead atoms. The van der Waals surface area contributed by atoms with Crippen molar-refractivity contribution in [1.82, 2.24) is 24.5 Å². The summed E-state index contributed by atoms with van der Waals surface area (Å²) in [7, 11) is 1.83. The van der Waals surface area contributed by atoms with Crippen LogP contribution in [0.4, 0.5) is 11.9 Å². The van der Waals surface area contributed by atoms with Crippen molar-refractivity contribution in [3.8, 4) is 5.95 Å². The summed E-state index contributed by atoms with van der Waals surface area (Å²) >= 11 is 0. The van der Waals surface area contributed by atoms with Crippen molar-refractivity contribution in [3.05, 3.63) is 18.7 Å². The van der Waals surface area contributed by atoms with Crippen LogP contribution in [0.15, 0.2) is 18.7 Å². The Kier molecular flexibility index (Phi) is 2.58. The Morgan fingerprint density at radius 3 is 2.75 bits per heavy atom. The molecular weight excluding hydrogens is 254 g/mol. The number of nitrogens with zero attached hydrogens (tertiary/aromatic N) is 6. The van der Waals surface area contributed by atoms with Crippen LogP contribution >= 0.6 is 0 Å². The van der Waals surface area contributed by atoms with Crippen molar-refractivity contribution in [1.29, 1.82) is 0 Å². The Balaban J connectivity index is 1.74. The van der Waals surface area contributed by atoms with Crippen LogP contribution in [-0.4, -0.2) is 44.1 Å². The van der Waals surface area contributed by atoms with Crippen molar-refractivity contribution in [2.24, 2.45) is 5.92 Å². The first-order valence-electron chi connectivity index (χ1n) is 7.02. The topological polar surface area (TPSA) is 71.8 Å². The fraction of sp³-hybridized carbons (Fsp3) is 0.538. The zero-order valence-electron chi connectivity index (χ0n) is 11.4. The quantitative estimate of drug-likeness (QED) is 0.901. The van der Waals surface area contributed by atoms with Gasteiger partial charge < -0.3 is 10.2 Å². The highest BCUT2D eigenvalue weighted by atomic mass is 15.4. The molecule has 104 valence electrons. The predicted octanol–water partition coefficient (Wildman–Crippen LogP) is 1.09. The lowest BCUT2D eigenvalue weighted by atomic mass is 10.1. The number of imidazole rings is 1. The average molecular weight is 271 g/mol. The summed E-state index contributed by atoms with van der Waals surface area (Å²) in [5.41, 5.74) is 0. The van der Waals surface area contributed by atoms with Gasteiger partial charge in [0, 0.05) is 32.0 Å². The molecule has 20 heavy (non-hydrogen) atoms. The molecule has 7 nitrogen and oxygen atoms in total. The number of anilines is 2. The first-order chi connectivity index (χ1) is 9.83. The smallest absolute Gasteiger partial charge is 0.241 e. The van der Waals surface area contributed by atoms with Crippen LogP contribution in [0.5, 0.6) is 0 Å². The van der Waals surface area contributed by atoms with Crippen molar-refractivity contribution in [2.75, 3.05) is 23.8 Å². The maximum Gasteiger partial charge on any atom is 0.241 e. The van der Waals surface area contributed by atoms with Gasteiger partial charge in [-0.05, 0) is 25.2 Å². The van der Waals surface area contributed by atoms with E-state index in [0.29, 0.717) is 17.9 Å². The van der Waals surface area contributed by atoms with Gasteiger partial charge in [0.05, 0.1) is 0 Å². The monoisotopic (exact) mass is 271 g/mol. The molecule has 3 heterocycles. The van der Waals surface area contributed by atoms with Gasteiger partial charge in [0.25, 0.3) is 0 Å². The molecule has 2 aliphatic rings. The lowest BCUT2D eigenvalue weighted by Crippen LogP contribution is -2.33. The van der Waals surface area contributed by atoms with Gasteiger partial charge in [-0.25, -0.2) is 4.98 Å². The number of hydrogen-bond donors (Lipinski definition) is 1. The molecule has 0 radical (unpaired) electrons. The maximum absolute atomic E-state index is 4.61. The van der Waals surface area contributed by atoms with Gasteiger partial charge in [-0.15, -0.1) is 0 Å². The summed E-state index contributed by atoms with van der Waals surface area (Å²) in [6, 6.07) is 0.600. The molecule has 0 aromatic carbocycles. The van der Waals surface area contributed by atoms with Gasteiger partial charge in [0.15, 0.2) is 0 Å². The fourth-order valence-corrected chi connectivity index (χ4v) is 3.26. The highest BCUT2D eigenvalue weighted by molar-refractivity contribution is 5.42. The van der Waals surface area contributed by atoms with Crippen molar-refractivity contribution in [2.45, 2.75) is 25.3 Å². The summed E-state index contributed by atoms with van der Waals surface area (Å²) in [5.74, 6) is 2.80. The molecule has 7 heteroatoms. The highest BCUT2D eigenvalue weighted by Gasteiger charge is 2.39. The van der Waals surface area contributed by atoms with E-state index in [0.717, 1.165) is 18.4 Å². The third kappa shape index (κ3) is 1.81. The number of piperidine rings is 1. The fourth-order valence-electron chi connectivity index (χ4n) is 3.26. The summed E-state index contributed by atoms with van der Waals surface area (Å²) in [4.78, 5) is 19.9. The van der Waals surface area contributed by atoms with Crippen molar-refractivity contribution < 1.29 is 0 Å². The minimum absolute atomic E-state index is 0.599. The lowest BCUT2D eigenvalue weighted by Gasteiger charge is -2.27. The Labute approximate surface area is 117 Å². The van der Waals surface area contributed by atoms with Gasteiger partial charge in [-0.3, -0.25) is 4.57 Å². The third-order valence-corrected chi connectivity index (χ3v) is 4.24. The summed E-state index contributed by atoms with van der Waals surface area (Å²) in [6.07, 6.45) is 9.15. The van der Waals surface area contributed by atoms with Crippen LogP contribution in [0.3, 0.4) is 0 Å². The van der Waals surface area contributed by atoms with Crippen LogP contribution < -0.4 is 10.2 Å². The molecule has 1 saturated carbocycles. The second-order valence-corrected chi connectivity index (χ2v) is 5.46. The molecule has 2 aromatic heterocycles. The largest absolute Gasteiger partial charge is 0.357 e. The van der Waals surface area contributed by atoms with E-state index in [9.17, 15) is 0 Å². The van der Waals surface area contributed by atoms with Crippen LogP contribution in [-0.2, 0) is 0 Å². The van der Waals surface area contributed by atoms with Gasteiger partial charge in [0.2, 0.25) is 17.8 Å². The number of hydrogen-bond acceptors (Lipinski definition) is 6. The predicted molar refractivity (Wildman–Crippen MR) is 75.0 cm³/mol. The summed E-state index contributed by atoms with van der Waals surface area (Å²) in [6.45, 7) is 1.07. The molecule has 1 aliphatic carbocycles. The van der Waals surface area contributed by atoms with Crippen LogP contribution in [0.25, 0.3) is 5.95 Å². The summed E-state index contributed by atoms with van der Waals surface area (Å²) in [5, 5.41) is 3.01. The molecule has 2 fully saturated rings. The van der Waals surface area contributed by atoms with E-state index in [-0.39, 0.29) is 0 Å². The van der Waals surface area contributed by atoms with Crippen LogP contribution in [0.1, 0.15) is 19.3 Å². The second kappa shape index (κ2) is 4.43. The highest BCUT2D eigenvalue weighted by Crippen LogP contribution is 2.39. The Hall–Kier alpha value is -2.18. The van der Waals surface area contributed by atoms with Gasteiger partial charge in [-0.2, -0.15) is 15.0 Å².